The van der Waals surface area contributed by atoms with Gasteiger partial charge in [0.05, 0.1) is 23.3 Å². The van der Waals surface area contributed by atoms with Crippen LogP contribution in [0, 0.1) is 12.7 Å². The number of pyridine rings is 1. The lowest BCUT2D eigenvalue weighted by atomic mass is 10.0. The second kappa shape index (κ2) is 5.95. The molecule has 1 amide bonds. The normalized spacial score (nSPS) is 17.4. The third kappa shape index (κ3) is 2.77. The molecule has 0 radical (unpaired) electrons. The molecule has 5 nitrogen and oxygen atoms in total. The number of halogens is 1. The van der Waals surface area contributed by atoms with Crippen LogP contribution in [0.4, 0.5) is 4.39 Å². The van der Waals surface area contributed by atoms with Gasteiger partial charge in [-0.05, 0) is 38.0 Å². The third-order valence-electron chi connectivity index (χ3n) is 4.75. The second-order valence-electron chi connectivity index (χ2n) is 6.58. The molecule has 0 bridgehead atoms. The molecule has 3 heterocycles. The quantitative estimate of drug-likeness (QED) is 0.720. The number of aryl methyl sites for hydroxylation is 2. The van der Waals surface area contributed by atoms with E-state index in [1.54, 1.807) is 16.8 Å². The maximum absolute atomic E-state index is 13.5. The van der Waals surface area contributed by atoms with Gasteiger partial charge in [0.15, 0.2) is 0 Å². The summed E-state index contributed by atoms with van der Waals surface area (Å²) in [6.45, 7) is 2.53. The van der Waals surface area contributed by atoms with Gasteiger partial charge in [-0.1, -0.05) is 0 Å². The third-order valence-corrected chi connectivity index (χ3v) is 4.75. The predicted molar refractivity (Wildman–Crippen MR) is 92.7 cm³/mol. The van der Waals surface area contributed by atoms with Crippen LogP contribution in [0.15, 0.2) is 36.7 Å². The van der Waals surface area contributed by atoms with Gasteiger partial charge < -0.3 is 4.90 Å². The molecule has 4 rings (SSSR count). The number of rotatable bonds is 2. The minimum absolute atomic E-state index is 0.0326. The zero-order valence-corrected chi connectivity index (χ0v) is 14.2. The number of carbonyl (C=O) groups excluding carboxylic acids is 1. The number of carbonyl (C=O) groups is 1. The first-order chi connectivity index (χ1) is 12.0. The number of hydrogen-bond donors (Lipinski definition) is 0. The average molecular weight is 338 g/mol. The molecular formula is C19H19FN4O. The van der Waals surface area contributed by atoms with E-state index < -0.39 is 0 Å². The second-order valence-corrected chi connectivity index (χ2v) is 6.58. The van der Waals surface area contributed by atoms with Crippen molar-refractivity contribution in [3.05, 3.63) is 59.3 Å². The van der Waals surface area contributed by atoms with Crippen molar-refractivity contribution in [2.24, 2.45) is 7.05 Å². The van der Waals surface area contributed by atoms with Crippen LogP contribution in [0.5, 0.6) is 0 Å². The van der Waals surface area contributed by atoms with Gasteiger partial charge in [0.2, 0.25) is 0 Å². The van der Waals surface area contributed by atoms with Gasteiger partial charge in [0.25, 0.3) is 5.91 Å². The predicted octanol–water partition coefficient (Wildman–Crippen LogP) is 3.39. The van der Waals surface area contributed by atoms with Crippen LogP contribution in [0.25, 0.3) is 10.9 Å². The van der Waals surface area contributed by atoms with Crippen molar-refractivity contribution in [1.29, 1.82) is 0 Å². The molecular weight excluding hydrogens is 319 g/mol. The minimum atomic E-state index is -0.349. The summed E-state index contributed by atoms with van der Waals surface area (Å²) in [4.78, 5) is 19.5. The summed E-state index contributed by atoms with van der Waals surface area (Å²) in [5.41, 5.74) is 2.85. The topological polar surface area (TPSA) is 51.0 Å². The van der Waals surface area contributed by atoms with E-state index in [0.29, 0.717) is 28.7 Å². The number of hydrogen-bond acceptors (Lipinski definition) is 3. The number of aromatic nitrogens is 3. The Kier molecular flexibility index (Phi) is 3.75. The van der Waals surface area contributed by atoms with Crippen LogP contribution in [0.2, 0.25) is 0 Å². The maximum Gasteiger partial charge on any atom is 0.255 e. The molecule has 1 atom stereocenters. The van der Waals surface area contributed by atoms with Crippen LogP contribution >= 0.6 is 0 Å². The van der Waals surface area contributed by atoms with Crippen LogP contribution in [-0.4, -0.2) is 32.1 Å². The highest BCUT2D eigenvalue weighted by Crippen LogP contribution is 2.34. The molecule has 25 heavy (non-hydrogen) atoms. The Balaban J connectivity index is 1.76. The fourth-order valence-electron chi connectivity index (χ4n) is 3.63. The van der Waals surface area contributed by atoms with Gasteiger partial charge in [0, 0.05) is 42.5 Å². The van der Waals surface area contributed by atoms with E-state index in [1.165, 1.54) is 12.1 Å². The summed E-state index contributed by atoms with van der Waals surface area (Å²) in [5, 5.41) is 4.92. The number of likely N-dealkylation sites (tertiary alicyclic amines) is 1. The lowest BCUT2D eigenvalue weighted by Gasteiger charge is -2.24. The van der Waals surface area contributed by atoms with Crippen molar-refractivity contribution in [3.8, 4) is 0 Å². The van der Waals surface area contributed by atoms with Crippen LogP contribution in [0.3, 0.4) is 0 Å². The summed E-state index contributed by atoms with van der Waals surface area (Å²) in [5.74, 6) is -0.383. The highest BCUT2D eigenvalue weighted by atomic mass is 19.1. The van der Waals surface area contributed by atoms with Gasteiger partial charge >= 0.3 is 0 Å². The van der Waals surface area contributed by atoms with Crippen molar-refractivity contribution in [2.45, 2.75) is 25.8 Å². The number of benzene rings is 1. The Morgan fingerprint density at radius 1 is 1.32 bits per heavy atom. The van der Waals surface area contributed by atoms with Crippen LogP contribution in [0.1, 0.15) is 40.5 Å². The molecule has 128 valence electrons. The molecule has 1 fully saturated rings. The molecule has 2 aromatic heterocycles. The average Bonchev–Trinajstić information content (AvgIpc) is 3.21. The first-order valence-corrected chi connectivity index (χ1v) is 8.39. The maximum atomic E-state index is 13.5. The molecule has 1 unspecified atom stereocenters. The van der Waals surface area contributed by atoms with Gasteiger partial charge in [-0.15, -0.1) is 0 Å². The molecule has 1 saturated heterocycles. The first-order valence-electron chi connectivity index (χ1n) is 8.39. The summed E-state index contributed by atoms with van der Waals surface area (Å²) in [6, 6.07) is 6.21. The van der Waals surface area contributed by atoms with E-state index in [-0.39, 0.29) is 17.8 Å². The Morgan fingerprint density at radius 3 is 2.92 bits per heavy atom. The highest BCUT2D eigenvalue weighted by molar-refractivity contribution is 6.06. The molecule has 0 aliphatic carbocycles. The van der Waals surface area contributed by atoms with Crippen molar-refractivity contribution >= 4 is 16.8 Å². The Bertz CT molecular complexity index is 960. The largest absolute Gasteiger partial charge is 0.331 e. The zero-order chi connectivity index (χ0) is 17.6. The smallest absolute Gasteiger partial charge is 0.255 e. The SMILES string of the molecule is Cc1cc(C(=O)N2CCCC2c2cnn(C)c2)c2ccc(F)cc2n1. The van der Waals surface area contributed by atoms with Crippen LogP contribution in [-0.2, 0) is 7.05 Å². The fraction of sp³-hybridized carbons (Fsp3) is 0.316. The van der Waals surface area contributed by atoms with E-state index in [1.807, 2.05) is 31.3 Å². The minimum Gasteiger partial charge on any atom is -0.331 e. The van der Waals surface area contributed by atoms with E-state index in [4.69, 9.17) is 0 Å². The standard InChI is InChI=1S/C19H19FN4O/c1-12-8-16(15-6-5-14(20)9-17(15)22-12)19(25)24-7-3-4-18(24)13-10-21-23(2)11-13/h5-6,8-11,18H,3-4,7H2,1-2H3. The molecule has 0 saturated carbocycles. The number of fused-ring (bicyclic) bond motifs is 1. The van der Waals surface area contributed by atoms with Gasteiger partial charge in [0.1, 0.15) is 5.82 Å². The molecule has 0 spiro atoms. The van der Waals surface area contributed by atoms with E-state index >= 15 is 0 Å². The monoisotopic (exact) mass is 338 g/mol. The van der Waals surface area contributed by atoms with Gasteiger partial charge in [-0.3, -0.25) is 14.5 Å². The van der Waals surface area contributed by atoms with E-state index in [2.05, 4.69) is 10.1 Å². The van der Waals surface area contributed by atoms with Gasteiger partial charge in [-0.25, -0.2) is 4.39 Å². The highest BCUT2D eigenvalue weighted by Gasteiger charge is 2.32. The van der Waals surface area contributed by atoms with Crippen molar-refractivity contribution in [1.82, 2.24) is 19.7 Å². The van der Waals surface area contributed by atoms with E-state index in [9.17, 15) is 9.18 Å². The lowest BCUT2D eigenvalue weighted by molar-refractivity contribution is 0.0737. The van der Waals surface area contributed by atoms with Crippen molar-refractivity contribution in [3.63, 3.8) is 0 Å². The zero-order valence-electron chi connectivity index (χ0n) is 14.2. The molecule has 6 heteroatoms. The molecule has 3 aromatic rings. The van der Waals surface area contributed by atoms with Crippen molar-refractivity contribution < 1.29 is 9.18 Å². The Hall–Kier alpha value is -2.76. The van der Waals surface area contributed by atoms with Crippen LogP contribution < -0.4 is 0 Å². The summed E-state index contributed by atoms with van der Waals surface area (Å²) < 4.78 is 15.3. The Morgan fingerprint density at radius 2 is 2.16 bits per heavy atom. The number of nitrogens with zero attached hydrogens (tertiary/aromatic N) is 4. The Labute approximate surface area is 145 Å². The molecule has 1 aromatic carbocycles. The number of amides is 1. The fourth-order valence-corrected chi connectivity index (χ4v) is 3.63. The molecule has 1 aliphatic rings. The van der Waals surface area contributed by atoms with E-state index in [0.717, 1.165) is 18.4 Å². The summed E-state index contributed by atoms with van der Waals surface area (Å²) in [7, 11) is 1.87. The first kappa shape index (κ1) is 15.7. The molecule has 1 aliphatic heterocycles. The lowest BCUT2D eigenvalue weighted by Crippen LogP contribution is -2.30. The molecule has 0 N–H and O–H groups in total. The van der Waals surface area contributed by atoms with Crippen molar-refractivity contribution in [2.75, 3.05) is 6.54 Å². The summed E-state index contributed by atoms with van der Waals surface area (Å²) in [6.07, 6.45) is 5.67. The summed E-state index contributed by atoms with van der Waals surface area (Å²) >= 11 is 0. The van der Waals surface area contributed by atoms with Gasteiger partial charge in [-0.2, -0.15) is 5.10 Å².